The number of hydrogen-bond donors (Lipinski definition) is 0. The first-order chi connectivity index (χ1) is 11.8. The topological polar surface area (TPSA) is 43.6 Å². The number of hydrogen-bond acceptors (Lipinski definition) is 4. The summed E-state index contributed by atoms with van der Waals surface area (Å²) < 4.78 is 2.17. The van der Waals surface area contributed by atoms with Gasteiger partial charge in [0.05, 0.1) is 0 Å². The van der Waals surface area contributed by atoms with Crippen LogP contribution in [-0.2, 0) is 13.0 Å². The average Bonchev–Trinajstić information content (AvgIpc) is 3.21. The van der Waals surface area contributed by atoms with Gasteiger partial charge in [-0.15, -0.1) is 10.2 Å². The Morgan fingerprint density at radius 3 is 2.83 bits per heavy atom. The first-order valence-corrected chi connectivity index (χ1v) is 9.31. The van der Waals surface area contributed by atoms with Gasteiger partial charge >= 0.3 is 0 Å². The highest BCUT2D eigenvalue weighted by molar-refractivity contribution is 7.99. The summed E-state index contributed by atoms with van der Waals surface area (Å²) in [6.45, 7) is 2.96. The molecule has 0 radical (unpaired) electrons. The highest BCUT2D eigenvalue weighted by Crippen LogP contribution is 2.46. The van der Waals surface area contributed by atoms with E-state index in [2.05, 4.69) is 32.7 Å². The molecule has 2 heterocycles. The molecule has 1 aromatic carbocycles. The molecule has 1 aliphatic rings. The average molecular weight is 357 g/mol. The number of rotatable bonds is 4. The maximum Gasteiger partial charge on any atom is 0.192 e. The number of nitrogens with zero attached hydrogens (tertiary/aromatic N) is 4. The molecule has 0 spiro atoms. The van der Waals surface area contributed by atoms with Crippen molar-refractivity contribution in [3.63, 3.8) is 0 Å². The summed E-state index contributed by atoms with van der Waals surface area (Å²) in [5, 5.41) is 11.1. The molecule has 2 aromatic heterocycles. The van der Waals surface area contributed by atoms with Crippen LogP contribution in [0.5, 0.6) is 0 Å². The maximum absolute atomic E-state index is 6.33. The number of benzene rings is 1. The molecule has 4 rings (SSSR count). The molecule has 3 aromatic rings. The van der Waals surface area contributed by atoms with E-state index in [-0.39, 0.29) is 0 Å². The van der Waals surface area contributed by atoms with Gasteiger partial charge in [-0.2, -0.15) is 0 Å². The van der Waals surface area contributed by atoms with E-state index in [0.717, 1.165) is 41.0 Å². The molecule has 122 valence electrons. The lowest BCUT2D eigenvalue weighted by atomic mass is 10.1. The third-order valence-corrected chi connectivity index (χ3v) is 6.02. The monoisotopic (exact) mass is 356 g/mol. The van der Waals surface area contributed by atoms with Gasteiger partial charge < -0.3 is 4.57 Å². The van der Waals surface area contributed by atoms with Gasteiger partial charge in [0.1, 0.15) is 0 Å². The molecule has 0 amide bonds. The zero-order chi connectivity index (χ0) is 16.5. The normalized spacial score (nSPS) is 16.3. The van der Waals surface area contributed by atoms with Crippen LogP contribution in [0.25, 0.3) is 11.4 Å². The smallest absolute Gasteiger partial charge is 0.192 e. The van der Waals surface area contributed by atoms with Gasteiger partial charge in [0.15, 0.2) is 11.0 Å². The Labute approximate surface area is 150 Å². The predicted octanol–water partition coefficient (Wildman–Crippen LogP) is 4.79. The van der Waals surface area contributed by atoms with Gasteiger partial charge in [0.25, 0.3) is 0 Å². The Morgan fingerprint density at radius 1 is 1.21 bits per heavy atom. The summed E-state index contributed by atoms with van der Waals surface area (Å²) in [5.41, 5.74) is 3.67. The van der Waals surface area contributed by atoms with Crippen LogP contribution < -0.4 is 0 Å². The molecule has 0 aliphatic heterocycles. The van der Waals surface area contributed by atoms with E-state index >= 15 is 0 Å². The van der Waals surface area contributed by atoms with Crippen molar-refractivity contribution in [1.29, 1.82) is 0 Å². The summed E-state index contributed by atoms with van der Waals surface area (Å²) in [6.07, 6.45) is 5.69. The minimum atomic E-state index is 0.387. The standard InChI is InChI=1S/C18H17ClN4S/c1-2-23-17(12-8-10-20-11-9-12)21-22-18(23)24-16-7-6-13-14(16)4-3-5-15(13)19/h3-5,8-11,16H,2,6-7H2,1H3. The van der Waals surface area contributed by atoms with Gasteiger partial charge in [-0.25, -0.2) is 0 Å². The minimum absolute atomic E-state index is 0.387. The van der Waals surface area contributed by atoms with E-state index in [4.69, 9.17) is 11.6 Å². The van der Waals surface area contributed by atoms with Crippen molar-refractivity contribution >= 4 is 23.4 Å². The summed E-state index contributed by atoms with van der Waals surface area (Å²) in [5.74, 6) is 0.895. The highest BCUT2D eigenvalue weighted by atomic mass is 35.5. The maximum atomic E-state index is 6.33. The fraction of sp³-hybridized carbons (Fsp3) is 0.278. The lowest BCUT2D eigenvalue weighted by Crippen LogP contribution is -2.01. The van der Waals surface area contributed by atoms with Crippen molar-refractivity contribution in [2.24, 2.45) is 0 Å². The van der Waals surface area contributed by atoms with Crippen LogP contribution in [0.4, 0.5) is 0 Å². The van der Waals surface area contributed by atoms with Crippen LogP contribution in [0.15, 0.2) is 47.9 Å². The fourth-order valence-corrected chi connectivity index (χ4v) is 4.74. The SMILES string of the molecule is CCn1c(SC2CCc3c(Cl)cccc32)nnc1-c1ccncc1. The summed E-state index contributed by atoms with van der Waals surface area (Å²) >= 11 is 8.12. The number of aromatic nitrogens is 4. The van der Waals surface area contributed by atoms with Gasteiger partial charge in [-0.1, -0.05) is 35.5 Å². The summed E-state index contributed by atoms with van der Waals surface area (Å²) in [6, 6.07) is 10.1. The molecule has 0 saturated heterocycles. The Bertz CT molecular complexity index is 863. The number of halogens is 1. The van der Waals surface area contributed by atoms with Crippen molar-refractivity contribution < 1.29 is 0 Å². The van der Waals surface area contributed by atoms with Gasteiger partial charge in [-0.05, 0) is 49.1 Å². The zero-order valence-corrected chi connectivity index (χ0v) is 14.9. The second-order valence-corrected chi connectivity index (χ2v) is 7.32. The van der Waals surface area contributed by atoms with Crippen LogP contribution in [0.1, 0.15) is 29.7 Å². The van der Waals surface area contributed by atoms with Crippen LogP contribution in [0, 0.1) is 0 Å². The number of thioether (sulfide) groups is 1. The van der Waals surface area contributed by atoms with Crippen LogP contribution in [0.3, 0.4) is 0 Å². The molecular formula is C18H17ClN4S. The van der Waals surface area contributed by atoms with Crippen molar-refractivity contribution in [3.05, 3.63) is 58.9 Å². The molecule has 0 N–H and O–H groups in total. The molecule has 1 unspecified atom stereocenters. The van der Waals surface area contributed by atoms with Crippen LogP contribution in [-0.4, -0.2) is 19.7 Å². The van der Waals surface area contributed by atoms with E-state index in [1.165, 1.54) is 11.1 Å². The number of fused-ring (bicyclic) bond motifs is 1. The molecule has 0 saturated carbocycles. The largest absolute Gasteiger partial charge is 0.302 e. The molecule has 4 nitrogen and oxygen atoms in total. The second kappa shape index (κ2) is 6.57. The first-order valence-electron chi connectivity index (χ1n) is 8.05. The Balaban J connectivity index is 1.66. The summed E-state index contributed by atoms with van der Waals surface area (Å²) in [7, 11) is 0. The molecular weight excluding hydrogens is 340 g/mol. The van der Waals surface area contributed by atoms with Crippen LogP contribution >= 0.6 is 23.4 Å². The quantitative estimate of drug-likeness (QED) is 0.674. The molecule has 1 atom stereocenters. The second-order valence-electron chi connectivity index (χ2n) is 5.74. The molecule has 1 aliphatic carbocycles. The van der Waals surface area contributed by atoms with E-state index in [9.17, 15) is 0 Å². The summed E-state index contributed by atoms with van der Waals surface area (Å²) in [4.78, 5) is 4.07. The Hall–Kier alpha value is -1.85. The van der Waals surface area contributed by atoms with E-state index in [1.807, 2.05) is 24.3 Å². The van der Waals surface area contributed by atoms with Crippen molar-refractivity contribution in [2.75, 3.05) is 0 Å². The van der Waals surface area contributed by atoms with E-state index < -0.39 is 0 Å². The van der Waals surface area contributed by atoms with Gasteiger partial charge in [0.2, 0.25) is 0 Å². The molecule has 24 heavy (non-hydrogen) atoms. The number of pyridine rings is 1. The fourth-order valence-electron chi connectivity index (χ4n) is 3.20. The Kier molecular flexibility index (Phi) is 4.29. The zero-order valence-electron chi connectivity index (χ0n) is 13.3. The van der Waals surface area contributed by atoms with Crippen molar-refractivity contribution in [2.45, 2.75) is 36.7 Å². The van der Waals surface area contributed by atoms with Gasteiger partial charge in [0, 0.05) is 34.8 Å². The predicted molar refractivity (Wildman–Crippen MR) is 97.3 cm³/mol. The molecule has 0 fully saturated rings. The van der Waals surface area contributed by atoms with Gasteiger partial charge in [-0.3, -0.25) is 4.98 Å². The first kappa shape index (κ1) is 15.7. The molecule has 0 bridgehead atoms. The lowest BCUT2D eigenvalue weighted by Gasteiger charge is -2.12. The van der Waals surface area contributed by atoms with E-state index in [0.29, 0.717) is 5.25 Å². The molecule has 6 heteroatoms. The van der Waals surface area contributed by atoms with Crippen molar-refractivity contribution in [3.8, 4) is 11.4 Å². The lowest BCUT2D eigenvalue weighted by molar-refractivity contribution is 0.684. The van der Waals surface area contributed by atoms with Crippen LogP contribution in [0.2, 0.25) is 5.02 Å². The highest BCUT2D eigenvalue weighted by Gasteiger charge is 2.27. The van der Waals surface area contributed by atoms with Crippen molar-refractivity contribution in [1.82, 2.24) is 19.7 Å². The van der Waals surface area contributed by atoms with E-state index in [1.54, 1.807) is 24.2 Å². The third-order valence-electron chi connectivity index (χ3n) is 4.38. The minimum Gasteiger partial charge on any atom is -0.302 e. The third kappa shape index (κ3) is 2.72. The Morgan fingerprint density at radius 2 is 2.04 bits per heavy atom.